The Morgan fingerprint density at radius 3 is 2.38 bits per heavy atom. The highest BCUT2D eigenvalue weighted by molar-refractivity contribution is 7.88. The van der Waals surface area contributed by atoms with Crippen molar-refractivity contribution in [2.75, 3.05) is 31.8 Å². The number of hydrogen-bond acceptors (Lipinski definition) is 5. The first-order valence-electron chi connectivity index (χ1n) is 8.05. The zero-order chi connectivity index (χ0) is 18.7. The Bertz CT molecular complexity index is 899. The Kier molecular flexibility index (Phi) is 5.15. The SMILES string of the molecule is CN(C(C(=O)Nc1ccc2c(c1)OCCO2)c1ccccc1)S(C)(=O)=O. The number of ether oxygens (including phenoxy) is 2. The Balaban J connectivity index is 1.88. The van der Waals surface area contributed by atoms with Gasteiger partial charge >= 0.3 is 0 Å². The van der Waals surface area contributed by atoms with E-state index in [9.17, 15) is 13.2 Å². The number of carbonyl (C=O) groups is 1. The maximum Gasteiger partial charge on any atom is 0.247 e. The lowest BCUT2D eigenvalue weighted by molar-refractivity contribution is -0.119. The molecular weight excluding hydrogens is 356 g/mol. The zero-order valence-electron chi connectivity index (χ0n) is 14.5. The van der Waals surface area contributed by atoms with E-state index in [1.165, 1.54) is 7.05 Å². The second kappa shape index (κ2) is 7.35. The second-order valence-electron chi connectivity index (χ2n) is 5.94. The first-order valence-corrected chi connectivity index (χ1v) is 9.89. The first-order chi connectivity index (χ1) is 12.4. The van der Waals surface area contributed by atoms with Crippen LogP contribution >= 0.6 is 0 Å². The minimum atomic E-state index is -3.57. The number of rotatable bonds is 5. The Morgan fingerprint density at radius 1 is 1.08 bits per heavy atom. The van der Waals surface area contributed by atoms with Gasteiger partial charge in [0.25, 0.3) is 0 Å². The van der Waals surface area contributed by atoms with Gasteiger partial charge in [-0.15, -0.1) is 0 Å². The molecular formula is C18H20N2O5S. The Hall–Kier alpha value is -2.58. The maximum atomic E-state index is 12.9. The molecule has 0 bridgehead atoms. The number of likely N-dealkylation sites (N-methyl/N-ethyl adjacent to an activating group) is 1. The average Bonchev–Trinajstić information content (AvgIpc) is 2.62. The molecule has 1 N–H and O–H groups in total. The fourth-order valence-electron chi connectivity index (χ4n) is 2.68. The number of carbonyl (C=O) groups excluding carboxylic acids is 1. The minimum Gasteiger partial charge on any atom is -0.486 e. The van der Waals surface area contributed by atoms with Crippen molar-refractivity contribution in [3.63, 3.8) is 0 Å². The zero-order valence-corrected chi connectivity index (χ0v) is 15.3. The van der Waals surface area contributed by atoms with Crippen LogP contribution in [0, 0.1) is 0 Å². The van der Waals surface area contributed by atoms with E-state index in [2.05, 4.69) is 5.32 Å². The summed E-state index contributed by atoms with van der Waals surface area (Å²) in [5.74, 6) is 0.699. The molecule has 2 aromatic rings. The number of sulfonamides is 1. The predicted molar refractivity (Wildman–Crippen MR) is 97.9 cm³/mol. The number of amides is 1. The molecule has 0 spiro atoms. The highest BCUT2D eigenvalue weighted by atomic mass is 32.2. The first kappa shape index (κ1) is 18.2. The molecule has 1 amide bonds. The van der Waals surface area contributed by atoms with E-state index >= 15 is 0 Å². The molecule has 138 valence electrons. The molecule has 1 heterocycles. The summed E-state index contributed by atoms with van der Waals surface area (Å²) in [5.41, 5.74) is 1.08. The molecule has 1 aliphatic heterocycles. The van der Waals surface area contributed by atoms with Gasteiger partial charge in [0, 0.05) is 18.8 Å². The third-order valence-corrected chi connectivity index (χ3v) is 5.32. The van der Waals surface area contributed by atoms with Crippen molar-refractivity contribution in [2.45, 2.75) is 6.04 Å². The van der Waals surface area contributed by atoms with Gasteiger partial charge in [0.2, 0.25) is 15.9 Å². The van der Waals surface area contributed by atoms with Crippen molar-refractivity contribution < 1.29 is 22.7 Å². The van der Waals surface area contributed by atoms with Crippen LogP contribution in [0.1, 0.15) is 11.6 Å². The van der Waals surface area contributed by atoms with Gasteiger partial charge in [-0.1, -0.05) is 30.3 Å². The highest BCUT2D eigenvalue weighted by Gasteiger charge is 2.31. The maximum absolute atomic E-state index is 12.9. The van der Waals surface area contributed by atoms with Gasteiger partial charge in [0.05, 0.1) is 6.26 Å². The van der Waals surface area contributed by atoms with E-state index in [1.807, 2.05) is 0 Å². The quantitative estimate of drug-likeness (QED) is 0.863. The van der Waals surface area contributed by atoms with Crippen LogP contribution in [-0.4, -0.2) is 45.1 Å². The van der Waals surface area contributed by atoms with Crippen LogP contribution in [0.2, 0.25) is 0 Å². The lowest BCUT2D eigenvalue weighted by Crippen LogP contribution is -2.38. The highest BCUT2D eigenvalue weighted by Crippen LogP contribution is 2.33. The van der Waals surface area contributed by atoms with E-state index in [-0.39, 0.29) is 0 Å². The molecule has 8 heteroatoms. The van der Waals surface area contributed by atoms with Gasteiger partial charge in [-0.3, -0.25) is 4.79 Å². The fourth-order valence-corrected chi connectivity index (χ4v) is 3.29. The molecule has 1 aliphatic rings. The van der Waals surface area contributed by atoms with Crippen LogP contribution in [0.25, 0.3) is 0 Å². The molecule has 1 atom stereocenters. The molecule has 0 fully saturated rings. The summed E-state index contributed by atoms with van der Waals surface area (Å²) in [5, 5.41) is 2.76. The summed E-state index contributed by atoms with van der Waals surface area (Å²) < 4.78 is 36.0. The lowest BCUT2D eigenvalue weighted by Gasteiger charge is -2.26. The van der Waals surface area contributed by atoms with Crippen molar-refractivity contribution in [3.05, 3.63) is 54.1 Å². The van der Waals surface area contributed by atoms with E-state index in [0.717, 1.165) is 10.6 Å². The summed E-state index contributed by atoms with van der Waals surface area (Å²) in [7, 11) is -2.19. The minimum absolute atomic E-state index is 0.438. The normalized spacial score (nSPS) is 14.7. The van der Waals surface area contributed by atoms with Gasteiger partial charge in [0.15, 0.2) is 11.5 Å². The van der Waals surface area contributed by atoms with Gasteiger partial charge in [-0.25, -0.2) is 8.42 Å². The van der Waals surface area contributed by atoms with E-state index in [4.69, 9.17) is 9.47 Å². The van der Waals surface area contributed by atoms with Crippen molar-refractivity contribution in [2.24, 2.45) is 0 Å². The number of fused-ring (bicyclic) bond motifs is 1. The lowest BCUT2D eigenvalue weighted by atomic mass is 10.1. The number of nitrogens with zero attached hydrogens (tertiary/aromatic N) is 1. The molecule has 1 unspecified atom stereocenters. The summed E-state index contributed by atoms with van der Waals surface area (Å²) in [6.45, 7) is 0.918. The van der Waals surface area contributed by atoms with E-state index in [0.29, 0.717) is 36.0 Å². The molecule has 0 radical (unpaired) electrons. The second-order valence-corrected chi connectivity index (χ2v) is 7.98. The monoisotopic (exact) mass is 376 g/mol. The largest absolute Gasteiger partial charge is 0.486 e. The number of anilines is 1. The van der Waals surface area contributed by atoms with Crippen LogP contribution in [0.15, 0.2) is 48.5 Å². The Morgan fingerprint density at radius 2 is 1.73 bits per heavy atom. The third kappa shape index (κ3) is 3.97. The molecule has 0 saturated carbocycles. The molecule has 26 heavy (non-hydrogen) atoms. The molecule has 3 rings (SSSR count). The van der Waals surface area contributed by atoms with Gasteiger partial charge < -0.3 is 14.8 Å². The predicted octanol–water partition coefficient (Wildman–Crippen LogP) is 2.03. The summed E-state index contributed by atoms with van der Waals surface area (Å²) in [6, 6.07) is 12.8. The van der Waals surface area contributed by atoms with Crippen molar-refractivity contribution in [1.82, 2.24) is 4.31 Å². The summed E-state index contributed by atoms with van der Waals surface area (Å²) >= 11 is 0. The van der Waals surface area contributed by atoms with Crippen LogP contribution in [-0.2, 0) is 14.8 Å². The molecule has 0 saturated heterocycles. The smallest absolute Gasteiger partial charge is 0.247 e. The third-order valence-electron chi connectivity index (χ3n) is 4.06. The van der Waals surface area contributed by atoms with Crippen molar-refractivity contribution in [3.8, 4) is 11.5 Å². The van der Waals surface area contributed by atoms with Crippen LogP contribution in [0.3, 0.4) is 0 Å². The van der Waals surface area contributed by atoms with E-state index < -0.39 is 22.0 Å². The Labute approximate surface area is 152 Å². The number of nitrogens with one attached hydrogen (secondary N) is 1. The molecule has 2 aromatic carbocycles. The van der Waals surface area contributed by atoms with Crippen LogP contribution in [0.5, 0.6) is 11.5 Å². The van der Waals surface area contributed by atoms with Crippen molar-refractivity contribution in [1.29, 1.82) is 0 Å². The number of hydrogen-bond donors (Lipinski definition) is 1. The summed E-state index contributed by atoms with van der Waals surface area (Å²) in [6.07, 6.45) is 1.07. The molecule has 7 nitrogen and oxygen atoms in total. The standard InChI is InChI=1S/C18H20N2O5S/c1-20(26(2,22)23)17(13-6-4-3-5-7-13)18(21)19-14-8-9-15-16(12-14)25-11-10-24-15/h3-9,12,17H,10-11H2,1-2H3,(H,19,21). The van der Waals surface area contributed by atoms with Gasteiger partial charge in [-0.05, 0) is 17.7 Å². The van der Waals surface area contributed by atoms with Crippen LogP contribution in [0.4, 0.5) is 5.69 Å². The van der Waals surface area contributed by atoms with E-state index in [1.54, 1.807) is 48.5 Å². The average molecular weight is 376 g/mol. The van der Waals surface area contributed by atoms with Gasteiger partial charge in [0.1, 0.15) is 19.3 Å². The van der Waals surface area contributed by atoms with Gasteiger partial charge in [-0.2, -0.15) is 4.31 Å². The van der Waals surface area contributed by atoms with Crippen LogP contribution < -0.4 is 14.8 Å². The molecule has 0 aromatic heterocycles. The van der Waals surface area contributed by atoms with Crippen molar-refractivity contribution >= 4 is 21.6 Å². The fraction of sp³-hybridized carbons (Fsp3) is 0.278. The topological polar surface area (TPSA) is 84.9 Å². The number of benzene rings is 2. The molecule has 0 aliphatic carbocycles. The summed E-state index contributed by atoms with van der Waals surface area (Å²) in [4.78, 5) is 12.9.